The Morgan fingerprint density at radius 1 is 1.06 bits per heavy atom. The molecule has 0 spiro atoms. The number of benzene rings is 2. The third-order valence-corrected chi connectivity index (χ3v) is 8.25. The van der Waals surface area contributed by atoms with Gasteiger partial charge < -0.3 is 13.9 Å². The minimum atomic E-state index is -3.87. The van der Waals surface area contributed by atoms with Gasteiger partial charge in [-0.3, -0.25) is 9.36 Å². The van der Waals surface area contributed by atoms with Gasteiger partial charge in [0.1, 0.15) is 5.82 Å². The lowest BCUT2D eigenvalue weighted by molar-refractivity contribution is 0.0793. The summed E-state index contributed by atoms with van der Waals surface area (Å²) in [5, 5.41) is 0. The Balaban J connectivity index is 1.43. The summed E-state index contributed by atoms with van der Waals surface area (Å²) in [6.45, 7) is 1.57. The lowest BCUT2D eigenvalue weighted by Gasteiger charge is -2.17. The molecule has 0 aliphatic carbocycles. The van der Waals surface area contributed by atoms with E-state index in [0.29, 0.717) is 22.4 Å². The summed E-state index contributed by atoms with van der Waals surface area (Å²) in [7, 11) is 0.980. The number of carbonyl (C=O) groups is 1. The quantitative estimate of drug-likeness (QED) is 0.430. The molecule has 0 bridgehead atoms. The third kappa shape index (κ3) is 3.61. The average Bonchev–Trinajstić information content (AvgIpc) is 3.53. The van der Waals surface area contributed by atoms with Crippen molar-refractivity contribution >= 4 is 38.1 Å². The number of rotatable bonds is 5. The molecule has 10 nitrogen and oxygen atoms in total. The summed E-state index contributed by atoms with van der Waals surface area (Å²) in [6, 6.07) is 9.75. The highest BCUT2D eigenvalue weighted by molar-refractivity contribution is 7.89. The molecule has 1 amide bonds. The fourth-order valence-electron chi connectivity index (χ4n) is 4.37. The van der Waals surface area contributed by atoms with Crippen LogP contribution in [-0.2, 0) is 30.7 Å². The van der Waals surface area contributed by atoms with E-state index in [4.69, 9.17) is 4.42 Å². The molecule has 3 heterocycles. The van der Waals surface area contributed by atoms with Crippen LogP contribution in [0.3, 0.4) is 0 Å². The number of likely N-dealkylation sites (tertiary alicyclic amines) is 1. The number of sulfonamides is 1. The van der Waals surface area contributed by atoms with Crippen molar-refractivity contribution in [2.24, 2.45) is 14.1 Å². The van der Waals surface area contributed by atoms with Gasteiger partial charge in [-0.25, -0.2) is 18.2 Å². The Labute approximate surface area is 196 Å². The first kappa shape index (κ1) is 22.4. The predicted molar refractivity (Wildman–Crippen MR) is 126 cm³/mol. The van der Waals surface area contributed by atoms with Gasteiger partial charge in [-0.2, -0.15) is 4.31 Å². The molecule has 4 aromatic rings. The molecule has 5 rings (SSSR count). The number of oxazole rings is 1. The van der Waals surface area contributed by atoms with Gasteiger partial charge in [-0.05, 0) is 43.2 Å². The molecule has 0 N–H and O–H groups in total. The summed E-state index contributed by atoms with van der Waals surface area (Å²) >= 11 is 0. The number of aryl methyl sites for hydroxylation is 2. The van der Waals surface area contributed by atoms with Gasteiger partial charge in [0.15, 0.2) is 5.58 Å². The van der Waals surface area contributed by atoms with Crippen LogP contribution in [0.15, 0.2) is 50.5 Å². The maximum absolute atomic E-state index is 13.2. The van der Waals surface area contributed by atoms with Gasteiger partial charge in [0.2, 0.25) is 10.0 Å². The molecule has 1 aliphatic heterocycles. The largest absolute Gasteiger partial charge is 0.419 e. The molecule has 1 aliphatic rings. The zero-order chi connectivity index (χ0) is 24.2. The van der Waals surface area contributed by atoms with Gasteiger partial charge in [-0.15, -0.1) is 0 Å². The zero-order valence-corrected chi connectivity index (χ0v) is 20.0. The van der Waals surface area contributed by atoms with Crippen LogP contribution < -0.4 is 5.76 Å². The maximum atomic E-state index is 13.2. The zero-order valence-electron chi connectivity index (χ0n) is 19.2. The SMILES string of the molecule is CN(Cc1nc2cc(C(=O)N3CCCC3)ccc2n1C)S(=O)(=O)c1ccc2c(c1)oc(=O)n2C. The first-order chi connectivity index (χ1) is 16.2. The number of imidazole rings is 1. The maximum Gasteiger partial charge on any atom is 0.419 e. The van der Waals surface area contributed by atoms with Crippen LogP contribution in [0.25, 0.3) is 22.1 Å². The Morgan fingerprint density at radius 3 is 2.50 bits per heavy atom. The smallest absolute Gasteiger partial charge is 0.408 e. The van der Waals surface area contributed by atoms with Crippen molar-refractivity contribution < 1.29 is 17.6 Å². The highest BCUT2D eigenvalue weighted by Gasteiger charge is 2.25. The first-order valence-corrected chi connectivity index (χ1v) is 12.4. The van der Waals surface area contributed by atoms with Crippen molar-refractivity contribution in [1.29, 1.82) is 0 Å². The first-order valence-electron chi connectivity index (χ1n) is 11.0. The van der Waals surface area contributed by atoms with E-state index in [1.807, 2.05) is 22.6 Å². The molecule has 0 radical (unpaired) electrons. The lowest BCUT2D eigenvalue weighted by atomic mass is 10.2. The van der Waals surface area contributed by atoms with E-state index in [0.717, 1.165) is 31.4 Å². The molecular formula is C23H25N5O5S. The average molecular weight is 484 g/mol. The van der Waals surface area contributed by atoms with Gasteiger partial charge in [-0.1, -0.05) is 0 Å². The minimum Gasteiger partial charge on any atom is -0.408 e. The second-order valence-corrected chi connectivity index (χ2v) is 10.7. The second-order valence-electron chi connectivity index (χ2n) is 8.61. The molecular weight excluding hydrogens is 458 g/mol. The molecule has 1 fully saturated rings. The molecule has 2 aromatic carbocycles. The summed E-state index contributed by atoms with van der Waals surface area (Å²) in [5.41, 5.74) is 2.76. The van der Waals surface area contributed by atoms with Gasteiger partial charge in [0, 0.05) is 45.9 Å². The monoisotopic (exact) mass is 483 g/mol. The number of carbonyl (C=O) groups excluding carboxylic acids is 1. The van der Waals surface area contributed by atoms with Crippen molar-refractivity contribution in [3.8, 4) is 0 Å². The number of hydrogen-bond acceptors (Lipinski definition) is 6. The molecule has 178 valence electrons. The van der Waals surface area contributed by atoms with Crippen LogP contribution in [0.2, 0.25) is 0 Å². The van der Waals surface area contributed by atoms with Crippen molar-refractivity contribution in [1.82, 2.24) is 23.3 Å². The van der Waals surface area contributed by atoms with E-state index in [1.165, 1.54) is 28.1 Å². The van der Waals surface area contributed by atoms with Gasteiger partial charge in [0.05, 0.1) is 28.0 Å². The van der Waals surface area contributed by atoms with E-state index in [-0.39, 0.29) is 22.9 Å². The second kappa shape index (κ2) is 8.10. The number of hydrogen-bond donors (Lipinski definition) is 0. The number of nitrogens with zero attached hydrogens (tertiary/aromatic N) is 5. The summed E-state index contributed by atoms with van der Waals surface area (Å²) in [6.07, 6.45) is 2.04. The fourth-order valence-corrected chi connectivity index (χ4v) is 5.51. The highest BCUT2D eigenvalue weighted by Crippen LogP contribution is 2.24. The van der Waals surface area contributed by atoms with E-state index in [9.17, 15) is 18.0 Å². The topological polar surface area (TPSA) is 111 Å². The molecule has 2 aromatic heterocycles. The Bertz CT molecular complexity index is 1590. The Hall–Kier alpha value is -3.44. The molecule has 11 heteroatoms. The van der Waals surface area contributed by atoms with E-state index in [2.05, 4.69) is 4.98 Å². The minimum absolute atomic E-state index is 0.00532. The number of fused-ring (bicyclic) bond motifs is 2. The van der Waals surface area contributed by atoms with Gasteiger partial charge >= 0.3 is 5.76 Å². The predicted octanol–water partition coefficient (Wildman–Crippen LogP) is 2.07. The van der Waals surface area contributed by atoms with Crippen LogP contribution in [0.4, 0.5) is 0 Å². The highest BCUT2D eigenvalue weighted by atomic mass is 32.2. The van der Waals surface area contributed by atoms with Crippen LogP contribution in [0.1, 0.15) is 29.0 Å². The lowest BCUT2D eigenvalue weighted by Crippen LogP contribution is -2.27. The molecule has 1 saturated heterocycles. The van der Waals surface area contributed by atoms with Crippen molar-refractivity contribution in [2.75, 3.05) is 20.1 Å². The molecule has 0 atom stereocenters. The fraction of sp³-hybridized carbons (Fsp3) is 0.348. The van der Waals surface area contributed by atoms with E-state index < -0.39 is 15.8 Å². The summed E-state index contributed by atoms with van der Waals surface area (Å²) in [4.78, 5) is 31.0. The number of aromatic nitrogens is 3. The number of amides is 1. The third-order valence-electron chi connectivity index (χ3n) is 6.45. The summed E-state index contributed by atoms with van der Waals surface area (Å²) < 4.78 is 35.9. The standard InChI is InChI=1S/C23H25N5O5S/c1-25(34(31,32)16-7-9-19-20(13-16)33-23(30)27(19)3)14-21-24-17-12-15(6-8-18(17)26(21)2)22(29)28-10-4-5-11-28/h6-9,12-13H,4-5,10-11,14H2,1-3H3. The van der Waals surface area contributed by atoms with Crippen LogP contribution >= 0.6 is 0 Å². The summed E-state index contributed by atoms with van der Waals surface area (Å²) in [5.74, 6) is -0.0198. The molecule has 0 saturated carbocycles. The van der Waals surface area contributed by atoms with Crippen LogP contribution in [0, 0.1) is 0 Å². The van der Waals surface area contributed by atoms with Crippen molar-refractivity contribution in [2.45, 2.75) is 24.3 Å². The van der Waals surface area contributed by atoms with Gasteiger partial charge in [0.25, 0.3) is 5.91 Å². The molecule has 0 unspecified atom stereocenters. The van der Waals surface area contributed by atoms with E-state index >= 15 is 0 Å². The van der Waals surface area contributed by atoms with E-state index in [1.54, 1.807) is 25.2 Å². The van der Waals surface area contributed by atoms with Crippen LogP contribution in [-0.4, -0.2) is 57.8 Å². The Kier molecular flexibility index (Phi) is 5.33. The van der Waals surface area contributed by atoms with Crippen molar-refractivity contribution in [3.05, 3.63) is 58.3 Å². The molecule has 34 heavy (non-hydrogen) atoms. The Morgan fingerprint density at radius 2 is 1.76 bits per heavy atom. The van der Waals surface area contributed by atoms with Crippen molar-refractivity contribution in [3.63, 3.8) is 0 Å². The normalized spacial score (nSPS) is 14.6. The van der Waals surface area contributed by atoms with Crippen LogP contribution in [0.5, 0.6) is 0 Å².